The van der Waals surface area contributed by atoms with Gasteiger partial charge in [-0.3, -0.25) is 4.79 Å². The molecule has 0 bridgehead atoms. The Morgan fingerprint density at radius 3 is 2.48 bits per heavy atom. The van der Waals surface area contributed by atoms with Gasteiger partial charge in [-0.1, -0.05) is 18.2 Å². The molecule has 25 heavy (non-hydrogen) atoms. The number of hydrogen-bond donors (Lipinski definition) is 1. The summed E-state index contributed by atoms with van der Waals surface area (Å²) in [6.07, 6.45) is -5.28. The molecule has 7 heteroatoms. The van der Waals surface area contributed by atoms with Crippen molar-refractivity contribution in [2.24, 2.45) is 7.05 Å². The summed E-state index contributed by atoms with van der Waals surface area (Å²) < 4.78 is 41.7. The summed E-state index contributed by atoms with van der Waals surface area (Å²) in [7, 11) is 1.73. The van der Waals surface area contributed by atoms with Gasteiger partial charge in [0, 0.05) is 19.3 Å². The minimum absolute atomic E-state index is 0.0138. The molecule has 2 aromatic rings. The number of aromatic nitrogens is 1. The fraction of sp³-hybridized carbons (Fsp3) is 0.389. The molecule has 1 fully saturated rings. The monoisotopic (exact) mass is 352 g/mol. The molecule has 0 radical (unpaired) electrons. The van der Waals surface area contributed by atoms with Crippen LogP contribution in [0.4, 0.5) is 13.2 Å². The van der Waals surface area contributed by atoms with Crippen molar-refractivity contribution in [2.75, 3.05) is 6.54 Å². The minimum Gasteiger partial charge on any atom is -0.391 e. The Labute approximate surface area is 143 Å². The third-order valence-corrected chi connectivity index (χ3v) is 4.76. The fourth-order valence-electron chi connectivity index (χ4n) is 3.35. The maximum absolute atomic E-state index is 13.3. The summed E-state index contributed by atoms with van der Waals surface area (Å²) in [5.41, 5.74) is 0.511. The number of β-amino-alcohol motifs (C(OH)–C–C–N with tert-alkyl or cyclic N) is 1. The summed E-state index contributed by atoms with van der Waals surface area (Å²) in [5.74, 6) is -0.380. The van der Waals surface area contributed by atoms with Gasteiger partial charge in [0.05, 0.1) is 17.7 Å². The first-order valence-electron chi connectivity index (χ1n) is 7.97. The third-order valence-electron chi connectivity index (χ3n) is 4.76. The Kier molecular flexibility index (Phi) is 4.36. The Balaban J connectivity index is 2.01. The van der Waals surface area contributed by atoms with E-state index in [9.17, 15) is 23.1 Å². The molecular formula is C18H19F3N2O2. The summed E-state index contributed by atoms with van der Waals surface area (Å²) >= 11 is 0. The van der Waals surface area contributed by atoms with Crippen LogP contribution in [0.2, 0.25) is 0 Å². The molecule has 134 valence electrons. The minimum atomic E-state index is -4.51. The number of benzene rings is 1. The number of aryl methyl sites for hydroxylation is 1. The zero-order valence-corrected chi connectivity index (χ0v) is 13.9. The van der Waals surface area contributed by atoms with E-state index in [0.717, 1.165) is 11.8 Å². The van der Waals surface area contributed by atoms with Crippen LogP contribution in [-0.4, -0.2) is 33.1 Å². The zero-order valence-electron chi connectivity index (χ0n) is 13.9. The molecule has 4 nitrogen and oxygen atoms in total. The van der Waals surface area contributed by atoms with Gasteiger partial charge in [-0.15, -0.1) is 0 Å². The average Bonchev–Trinajstić information content (AvgIpc) is 3.10. The number of nitrogens with zero attached hydrogens (tertiary/aromatic N) is 2. The maximum Gasteiger partial charge on any atom is 0.416 e. The summed E-state index contributed by atoms with van der Waals surface area (Å²) in [4.78, 5) is 14.2. The molecule has 1 amide bonds. The van der Waals surface area contributed by atoms with E-state index < -0.39 is 23.9 Å². The molecule has 3 rings (SSSR count). The molecule has 0 aliphatic carbocycles. The quantitative estimate of drug-likeness (QED) is 0.901. The van der Waals surface area contributed by atoms with Crippen molar-refractivity contribution in [3.8, 4) is 0 Å². The van der Waals surface area contributed by atoms with E-state index in [1.54, 1.807) is 23.7 Å². The van der Waals surface area contributed by atoms with E-state index in [0.29, 0.717) is 5.69 Å². The molecule has 1 saturated heterocycles. The molecule has 1 aromatic heterocycles. The molecule has 0 unspecified atom stereocenters. The lowest BCUT2D eigenvalue weighted by molar-refractivity contribution is -0.138. The van der Waals surface area contributed by atoms with Crippen LogP contribution in [0, 0.1) is 6.92 Å². The predicted molar refractivity (Wildman–Crippen MR) is 86.0 cm³/mol. The van der Waals surface area contributed by atoms with Crippen molar-refractivity contribution in [1.82, 2.24) is 9.47 Å². The lowest BCUT2D eigenvalue weighted by Gasteiger charge is -2.27. The first-order valence-corrected chi connectivity index (χ1v) is 7.97. The molecule has 1 aromatic carbocycles. The van der Waals surface area contributed by atoms with Crippen LogP contribution >= 0.6 is 0 Å². The van der Waals surface area contributed by atoms with Crippen molar-refractivity contribution >= 4 is 5.91 Å². The standard InChI is InChI=1S/C18H19F3N2O2/c1-11-7-8-15(22(11)2)17(25)23-10-12(24)9-16(23)13-5-3-4-6-14(13)18(19,20)21/h3-8,12,16,24H,9-10H2,1-2H3/t12-,16+/m0/s1. The van der Waals surface area contributed by atoms with Crippen molar-refractivity contribution < 1.29 is 23.1 Å². The third kappa shape index (κ3) is 3.16. The van der Waals surface area contributed by atoms with Crippen LogP contribution in [0.25, 0.3) is 0 Å². The molecular weight excluding hydrogens is 333 g/mol. The van der Waals surface area contributed by atoms with Gasteiger partial charge in [0.1, 0.15) is 5.69 Å². The van der Waals surface area contributed by atoms with Crippen molar-refractivity contribution in [2.45, 2.75) is 31.7 Å². The normalized spacial score (nSPS) is 21.0. The van der Waals surface area contributed by atoms with Crippen molar-refractivity contribution in [1.29, 1.82) is 0 Å². The predicted octanol–water partition coefficient (Wildman–Crippen LogP) is 3.30. The number of halogens is 3. The van der Waals surface area contributed by atoms with E-state index in [1.807, 2.05) is 6.92 Å². The van der Waals surface area contributed by atoms with Gasteiger partial charge in [0.25, 0.3) is 5.91 Å². The number of aliphatic hydroxyl groups is 1. The van der Waals surface area contributed by atoms with Crippen LogP contribution in [0.15, 0.2) is 36.4 Å². The fourth-order valence-corrected chi connectivity index (χ4v) is 3.35. The van der Waals surface area contributed by atoms with Crippen LogP contribution in [-0.2, 0) is 13.2 Å². The number of rotatable bonds is 2. The van der Waals surface area contributed by atoms with Crippen molar-refractivity contribution in [3.05, 3.63) is 58.9 Å². The van der Waals surface area contributed by atoms with Gasteiger partial charge in [-0.05, 0) is 37.1 Å². The highest BCUT2D eigenvalue weighted by atomic mass is 19.4. The van der Waals surface area contributed by atoms with E-state index in [2.05, 4.69) is 0 Å². The Morgan fingerprint density at radius 2 is 1.88 bits per heavy atom. The zero-order chi connectivity index (χ0) is 18.4. The van der Waals surface area contributed by atoms with Crippen LogP contribution in [0.3, 0.4) is 0 Å². The second kappa shape index (κ2) is 6.22. The van der Waals surface area contributed by atoms with Gasteiger partial charge in [-0.25, -0.2) is 0 Å². The number of carbonyl (C=O) groups excluding carboxylic acids is 1. The lowest BCUT2D eigenvalue weighted by Crippen LogP contribution is -2.33. The Hall–Kier alpha value is -2.28. The Morgan fingerprint density at radius 1 is 1.20 bits per heavy atom. The van der Waals surface area contributed by atoms with Gasteiger partial charge < -0.3 is 14.6 Å². The van der Waals surface area contributed by atoms with E-state index in [-0.39, 0.29) is 24.4 Å². The highest BCUT2D eigenvalue weighted by Crippen LogP contribution is 2.40. The molecule has 0 spiro atoms. The number of carbonyl (C=O) groups is 1. The van der Waals surface area contributed by atoms with Gasteiger partial charge >= 0.3 is 6.18 Å². The molecule has 1 aliphatic rings. The lowest BCUT2D eigenvalue weighted by atomic mass is 9.97. The topological polar surface area (TPSA) is 45.5 Å². The van der Waals surface area contributed by atoms with E-state index in [1.165, 1.54) is 23.1 Å². The largest absolute Gasteiger partial charge is 0.416 e. The highest BCUT2D eigenvalue weighted by molar-refractivity contribution is 5.93. The number of amides is 1. The van der Waals surface area contributed by atoms with Gasteiger partial charge in [-0.2, -0.15) is 13.2 Å². The smallest absolute Gasteiger partial charge is 0.391 e. The first kappa shape index (κ1) is 17.5. The van der Waals surface area contributed by atoms with E-state index >= 15 is 0 Å². The van der Waals surface area contributed by atoms with Gasteiger partial charge in [0.15, 0.2) is 0 Å². The molecule has 2 heterocycles. The van der Waals surface area contributed by atoms with Crippen LogP contribution in [0.5, 0.6) is 0 Å². The first-order chi connectivity index (χ1) is 11.7. The molecule has 1 aliphatic heterocycles. The second-order valence-electron chi connectivity index (χ2n) is 6.37. The molecule has 2 atom stereocenters. The molecule has 0 saturated carbocycles. The number of hydrogen-bond acceptors (Lipinski definition) is 2. The summed E-state index contributed by atoms with van der Waals surface area (Å²) in [6, 6.07) is 7.84. The SMILES string of the molecule is Cc1ccc(C(=O)N2C[C@@H](O)C[C@@H]2c2ccccc2C(F)(F)F)n1C. The van der Waals surface area contributed by atoms with Crippen LogP contribution in [0.1, 0.15) is 39.8 Å². The number of alkyl halides is 3. The maximum atomic E-state index is 13.3. The average molecular weight is 352 g/mol. The van der Waals surface area contributed by atoms with Gasteiger partial charge in [0.2, 0.25) is 0 Å². The van der Waals surface area contributed by atoms with Crippen molar-refractivity contribution in [3.63, 3.8) is 0 Å². The molecule has 1 N–H and O–H groups in total. The summed E-state index contributed by atoms with van der Waals surface area (Å²) in [6.45, 7) is 1.85. The second-order valence-corrected chi connectivity index (χ2v) is 6.37. The van der Waals surface area contributed by atoms with E-state index in [4.69, 9.17) is 0 Å². The number of likely N-dealkylation sites (tertiary alicyclic amines) is 1. The van der Waals surface area contributed by atoms with Crippen LogP contribution < -0.4 is 0 Å². The summed E-state index contributed by atoms with van der Waals surface area (Å²) in [5, 5.41) is 10.0. The Bertz CT molecular complexity index is 798. The number of aliphatic hydroxyl groups excluding tert-OH is 1. The highest BCUT2D eigenvalue weighted by Gasteiger charge is 2.41.